The van der Waals surface area contributed by atoms with Crippen molar-refractivity contribution < 1.29 is 4.79 Å². The molecule has 4 heteroatoms. The minimum Gasteiger partial charge on any atom is -0.328 e. The molecule has 0 aromatic carbocycles. The zero-order chi connectivity index (χ0) is 12.4. The number of nitrogens with two attached hydrogens (primary N) is 1. The standard InChI is InChI=1S/C13H21N3O/c1-9-7-12(16(2)15-9)8-13(17)10-3-5-11(14)6-4-10/h7,10-11H,3-6,8,14H2,1-2H3. The summed E-state index contributed by atoms with van der Waals surface area (Å²) in [5.74, 6) is 0.560. The van der Waals surface area contributed by atoms with Crippen LogP contribution in [0.4, 0.5) is 0 Å². The van der Waals surface area contributed by atoms with Crippen molar-refractivity contribution in [1.29, 1.82) is 0 Å². The van der Waals surface area contributed by atoms with Gasteiger partial charge in [0.15, 0.2) is 0 Å². The number of hydrogen-bond acceptors (Lipinski definition) is 3. The van der Waals surface area contributed by atoms with Crippen LogP contribution in [0.1, 0.15) is 37.1 Å². The summed E-state index contributed by atoms with van der Waals surface area (Å²) < 4.78 is 1.81. The Morgan fingerprint density at radius 1 is 1.47 bits per heavy atom. The number of ketones is 1. The molecule has 0 bridgehead atoms. The van der Waals surface area contributed by atoms with E-state index in [1.807, 2.05) is 24.7 Å². The Balaban J connectivity index is 1.95. The molecule has 1 aromatic heterocycles. The first-order valence-electron chi connectivity index (χ1n) is 6.34. The van der Waals surface area contributed by atoms with Gasteiger partial charge < -0.3 is 5.73 Å². The quantitative estimate of drug-likeness (QED) is 0.860. The fraction of sp³-hybridized carbons (Fsp3) is 0.692. The van der Waals surface area contributed by atoms with Crippen LogP contribution in [0, 0.1) is 12.8 Å². The van der Waals surface area contributed by atoms with Crippen molar-refractivity contribution in [3.8, 4) is 0 Å². The number of carbonyl (C=O) groups excluding carboxylic acids is 1. The second-order valence-corrected chi connectivity index (χ2v) is 5.16. The smallest absolute Gasteiger partial charge is 0.141 e. The third kappa shape index (κ3) is 2.94. The molecule has 1 heterocycles. The van der Waals surface area contributed by atoms with E-state index in [9.17, 15) is 4.79 Å². The summed E-state index contributed by atoms with van der Waals surface area (Å²) in [4.78, 5) is 12.2. The van der Waals surface area contributed by atoms with Crippen molar-refractivity contribution in [2.45, 2.75) is 45.1 Å². The fourth-order valence-corrected chi connectivity index (χ4v) is 2.59. The van der Waals surface area contributed by atoms with Gasteiger partial charge in [-0.1, -0.05) is 0 Å². The van der Waals surface area contributed by atoms with E-state index in [4.69, 9.17) is 5.73 Å². The highest BCUT2D eigenvalue weighted by molar-refractivity contribution is 5.83. The average Bonchev–Trinajstić information content (AvgIpc) is 2.58. The van der Waals surface area contributed by atoms with Gasteiger partial charge in [-0.2, -0.15) is 5.10 Å². The van der Waals surface area contributed by atoms with Crippen LogP contribution in [0.25, 0.3) is 0 Å². The predicted octanol–water partition coefficient (Wildman–Crippen LogP) is 1.36. The molecule has 1 saturated carbocycles. The Bertz CT molecular complexity index is 403. The highest BCUT2D eigenvalue weighted by Crippen LogP contribution is 2.25. The average molecular weight is 235 g/mol. The molecule has 0 aliphatic heterocycles. The number of aromatic nitrogens is 2. The molecule has 0 atom stereocenters. The number of rotatable bonds is 3. The van der Waals surface area contributed by atoms with Crippen LogP contribution in [0.2, 0.25) is 0 Å². The summed E-state index contributed by atoms with van der Waals surface area (Å²) in [7, 11) is 1.90. The molecule has 1 aliphatic carbocycles. The summed E-state index contributed by atoms with van der Waals surface area (Å²) in [6.45, 7) is 1.95. The summed E-state index contributed by atoms with van der Waals surface area (Å²) in [6, 6.07) is 2.30. The zero-order valence-electron chi connectivity index (χ0n) is 10.6. The van der Waals surface area contributed by atoms with Gasteiger partial charge in [-0.3, -0.25) is 9.48 Å². The lowest BCUT2D eigenvalue weighted by Gasteiger charge is -2.24. The molecule has 17 heavy (non-hydrogen) atoms. The lowest BCUT2D eigenvalue weighted by molar-refractivity contribution is -0.123. The van der Waals surface area contributed by atoms with E-state index in [1.165, 1.54) is 0 Å². The van der Waals surface area contributed by atoms with Crippen LogP contribution in [-0.4, -0.2) is 21.6 Å². The SMILES string of the molecule is Cc1cc(CC(=O)C2CCC(N)CC2)n(C)n1. The molecule has 0 saturated heterocycles. The topological polar surface area (TPSA) is 60.9 Å². The van der Waals surface area contributed by atoms with Gasteiger partial charge in [-0.25, -0.2) is 0 Å². The molecule has 94 valence electrons. The van der Waals surface area contributed by atoms with Gasteiger partial charge in [0, 0.05) is 31.1 Å². The number of hydrogen-bond donors (Lipinski definition) is 1. The van der Waals surface area contributed by atoms with E-state index in [2.05, 4.69) is 5.10 Å². The first kappa shape index (κ1) is 12.3. The molecule has 1 aliphatic rings. The maximum Gasteiger partial charge on any atom is 0.141 e. The van der Waals surface area contributed by atoms with Gasteiger partial charge in [0.2, 0.25) is 0 Å². The maximum atomic E-state index is 12.2. The number of nitrogens with zero attached hydrogens (tertiary/aromatic N) is 2. The molecule has 2 N–H and O–H groups in total. The molecule has 0 radical (unpaired) electrons. The molecule has 1 fully saturated rings. The van der Waals surface area contributed by atoms with E-state index >= 15 is 0 Å². The predicted molar refractivity (Wildman–Crippen MR) is 66.6 cm³/mol. The van der Waals surface area contributed by atoms with Crippen molar-refractivity contribution in [3.63, 3.8) is 0 Å². The normalized spacial score (nSPS) is 24.9. The molecular formula is C13H21N3O. The number of Topliss-reactive ketones (excluding diaryl/α,β-unsaturated/α-hetero) is 1. The van der Waals surface area contributed by atoms with Crippen LogP contribution in [-0.2, 0) is 18.3 Å². The Hall–Kier alpha value is -1.16. The lowest BCUT2D eigenvalue weighted by Crippen LogP contribution is -2.30. The molecule has 2 rings (SSSR count). The van der Waals surface area contributed by atoms with Crippen LogP contribution in [0.3, 0.4) is 0 Å². The van der Waals surface area contributed by atoms with Gasteiger partial charge in [-0.15, -0.1) is 0 Å². The summed E-state index contributed by atoms with van der Waals surface area (Å²) >= 11 is 0. The van der Waals surface area contributed by atoms with Gasteiger partial charge in [0.25, 0.3) is 0 Å². The van der Waals surface area contributed by atoms with E-state index in [0.29, 0.717) is 18.2 Å². The van der Waals surface area contributed by atoms with Crippen LogP contribution < -0.4 is 5.73 Å². The number of carbonyl (C=O) groups is 1. The van der Waals surface area contributed by atoms with E-state index in [0.717, 1.165) is 37.1 Å². The van der Waals surface area contributed by atoms with E-state index in [1.54, 1.807) is 0 Å². The molecule has 4 nitrogen and oxygen atoms in total. The molecule has 0 spiro atoms. The Morgan fingerprint density at radius 2 is 2.12 bits per heavy atom. The fourth-order valence-electron chi connectivity index (χ4n) is 2.59. The molecule has 1 aromatic rings. The van der Waals surface area contributed by atoms with Gasteiger partial charge >= 0.3 is 0 Å². The van der Waals surface area contributed by atoms with Crippen molar-refractivity contribution in [2.75, 3.05) is 0 Å². The van der Waals surface area contributed by atoms with Crippen LogP contribution in [0.5, 0.6) is 0 Å². The second kappa shape index (κ2) is 5.00. The van der Waals surface area contributed by atoms with E-state index in [-0.39, 0.29) is 5.92 Å². The van der Waals surface area contributed by atoms with Crippen molar-refractivity contribution in [3.05, 3.63) is 17.5 Å². The van der Waals surface area contributed by atoms with Gasteiger partial charge in [0.05, 0.1) is 5.69 Å². The van der Waals surface area contributed by atoms with Crippen molar-refractivity contribution >= 4 is 5.78 Å². The van der Waals surface area contributed by atoms with Crippen LogP contribution in [0.15, 0.2) is 6.07 Å². The van der Waals surface area contributed by atoms with Gasteiger partial charge in [-0.05, 0) is 38.7 Å². The third-order valence-electron chi connectivity index (χ3n) is 3.68. The Morgan fingerprint density at radius 3 is 2.65 bits per heavy atom. The van der Waals surface area contributed by atoms with E-state index < -0.39 is 0 Å². The second-order valence-electron chi connectivity index (χ2n) is 5.16. The molecular weight excluding hydrogens is 214 g/mol. The Labute approximate surface area is 102 Å². The van der Waals surface area contributed by atoms with Gasteiger partial charge in [0.1, 0.15) is 5.78 Å². The Kier molecular flexibility index (Phi) is 3.62. The minimum absolute atomic E-state index is 0.213. The first-order chi connectivity index (χ1) is 8.06. The summed E-state index contributed by atoms with van der Waals surface area (Å²) in [5, 5.41) is 4.27. The lowest BCUT2D eigenvalue weighted by atomic mass is 9.82. The molecule has 0 amide bonds. The summed E-state index contributed by atoms with van der Waals surface area (Å²) in [5.41, 5.74) is 7.84. The largest absolute Gasteiger partial charge is 0.328 e. The van der Waals surface area contributed by atoms with Crippen LogP contribution >= 0.6 is 0 Å². The maximum absolute atomic E-state index is 12.2. The minimum atomic E-state index is 0.213. The van der Waals surface area contributed by atoms with Crippen molar-refractivity contribution in [2.24, 2.45) is 18.7 Å². The molecule has 0 unspecified atom stereocenters. The third-order valence-corrected chi connectivity index (χ3v) is 3.68. The zero-order valence-corrected chi connectivity index (χ0v) is 10.6. The highest BCUT2D eigenvalue weighted by Gasteiger charge is 2.25. The summed E-state index contributed by atoms with van der Waals surface area (Å²) in [6.07, 6.45) is 4.40. The monoisotopic (exact) mass is 235 g/mol. The first-order valence-corrected chi connectivity index (χ1v) is 6.34. The number of aryl methyl sites for hydroxylation is 2. The highest BCUT2D eigenvalue weighted by atomic mass is 16.1. The van der Waals surface area contributed by atoms with Crippen molar-refractivity contribution in [1.82, 2.24) is 9.78 Å².